The molecule has 0 aromatic heterocycles. The summed E-state index contributed by atoms with van der Waals surface area (Å²) in [5.41, 5.74) is 3.36. The lowest BCUT2D eigenvalue weighted by Gasteiger charge is -2.27. The number of fused-ring (bicyclic) bond motifs is 1. The van der Waals surface area contributed by atoms with Gasteiger partial charge < -0.3 is 10.6 Å². The van der Waals surface area contributed by atoms with Crippen LogP contribution in [0.5, 0.6) is 0 Å². The number of hydrogen-bond donors (Lipinski definition) is 2. The van der Waals surface area contributed by atoms with Gasteiger partial charge in [0.1, 0.15) is 0 Å². The molecular formula is C15H22N2. The van der Waals surface area contributed by atoms with Crippen molar-refractivity contribution < 1.29 is 0 Å². The van der Waals surface area contributed by atoms with Crippen molar-refractivity contribution in [1.82, 2.24) is 5.32 Å². The maximum absolute atomic E-state index is 3.73. The van der Waals surface area contributed by atoms with Crippen molar-refractivity contribution in [2.24, 2.45) is 5.41 Å². The zero-order valence-electron chi connectivity index (χ0n) is 10.8. The van der Waals surface area contributed by atoms with Crippen LogP contribution >= 0.6 is 0 Å². The van der Waals surface area contributed by atoms with E-state index in [1.54, 1.807) is 0 Å². The lowest BCUT2D eigenvalue weighted by Crippen LogP contribution is -2.29. The van der Waals surface area contributed by atoms with E-state index in [1.165, 1.54) is 24.1 Å². The molecule has 1 aliphatic carbocycles. The van der Waals surface area contributed by atoms with Crippen molar-refractivity contribution >= 4 is 5.69 Å². The molecule has 2 aliphatic rings. The molecule has 92 valence electrons. The van der Waals surface area contributed by atoms with E-state index in [0.717, 1.165) is 19.1 Å². The SMILES string of the molecule is CC1(C)CC1NCC1CCNc2ccccc21. The van der Waals surface area contributed by atoms with Gasteiger partial charge >= 0.3 is 0 Å². The molecule has 1 heterocycles. The fraction of sp³-hybridized carbons (Fsp3) is 0.600. The predicted molar refractivity (Wildman–Crippen MR) is 72.5 cm³/mol. The van der Waals surface area contributed by atoms with Gasteiger partial charge in [0.15, 0.2) is 0 Å². The van der Waals surface area contributed by atoms with E-state index in [-0.39, 0.29) is 0 Å². The monoisotopic (exact) mass is 230 g/mol. The highest BCUT2D eigenvalue weighted by Crippen LogP contribution is 2.45. The first-order valence-corrected chi connectivity index (χ1v) is 6.73. The van der Waals surface area contributed by atoms with Gasteiger partial charge in [-0.25, -0.2) is 0 Å². The smallest absolute Gasteiger partial charge is 0.0376 e. The number of benzene rings is 1. The van der Waals surface area contributed by atoms with Crippen LogP contribution in [0, 0.1) is 5.41 Å². The van der Waals surface area contributed by atoms with E-state index in [1.807, 2.05) is 0 Å². The van der Waals surface area contributed by atoms with E-state index in [9.17, 15) is 0 Å². The largest absolute Gasteiger partial charge is 0.385 e. The number of hydrogen-bond acceptors (Lipinski definition) is 2. The standard InChI is InChI=1S/C15H22N2/c1-15(2)9-14(15)17-10-11-7-8-16-13-6-4-3-5-12(11)13/h3-6,11,14,16-17H,7-10H2,1-2H3. The number of para-hydroxylation sites is 1. The van der Waals surface area contributed by atoms with Gasteiger partial charge in [0, 0.05) is 30.7 Å². The Balaban J connectivity index is 1.65. The topological polar surface area (TPSA) is 24.1 Å². The van der Waals surface area contributed by atoms with Gasteiger partial charge in [0.2, 0.25) is 0 Å². The van der Waals surface area contributed by atoms with E-state index in [0.29, 0.717) is 11.3 Å². The average Bonchev–Trinajstić information content (AvgIpc) is 2.94. The summed E-state index contributed by atoms with van der Waals surface area (Å²) in [6, 6.07) is 9.48. The highest BCUT2D eigenvalue weighted by Gasteiger charge is 2.45. The molecule has 0 radical (unpaired) electrons. The Morgan fingerprint density at radius 1 is 1.35 bits per heavy atom. The molecule has 2 unspecified atom stereocenters. The molecule has 1 aromatic carbocycles. The zero-order valence-corrected chi connectivity index (χ0v) is 10.8. The molecular weight excluding hydrogens is 208 g/mol. The van der Waals surface area contributed by atoms with E-state index < -0.39 is 0 Å². The summed E-state index contributed by atoms with van der Waals surface area (Å²) >= 11 is 0. The van der Waals surface area contributed by atoms with Crippen molar-refractivity contribution in [2.45, 2.75) is 38.6 Å². The Labute approximate surface area is 104 Å². The maximum atomic E-state index is 3.73. The first kappa shape index (κ1) is 11.1. The Hall–Kier alpha value is -1.02. The van der Waals surface area contributed by atoms with Crippen LogP contribution in [-0.2, 0) is 0 Å². The zero-order chi connectivity index (χ0) is 11.9. The second-order valence-electron chi connectivity index (χ2n) is 6.15. The molecule has 2 atom stereocenters. The van der Waals surface area contributed by atoms with Crippen LogP contribution in [-0.4, -0.2) is 19.1 Å². The van der Waals surface area contributed by atoms with E-state index in [2.05, 4.69) is 48.7 Å². The number of nitrogens with one attached hydrogen (secondary N) is 2. The Bertz CT molecular complexity index is 411. The molecule has 1 aromatic rings. The van der Waals surface area contributed by atoms with Crippen molar-refractivity contribution in [3.8, 4) is 0 Å². The summed E-state index contributed by atoms with van der Waals surface area (Å²) in [6.45, 7) is 6.94. The Morgan fingerprint density at radius 2 is 2.12 bits per heavy atom. The number of anilines is 1. The Morgan fingerprint density at radius 3 is 2.88 bits per heavy atom. The third-order valence-electron chi connectivity index (χ3n) is 4.33. The molecule has 0 bridgehead atoms. The lowest BCUT2D eigenvalue weighted by molar-refractivity contribution is 0.497. The molecule has 1 saturated carbocycles. The maximum Gasteiger partial charge on any atom is 0.0376 e. The van der Waals surface area contributed by atoms with Gasteiger partial charge in [0.25, 0.3) is 0 Å². The second kappa shape index (κ2) is 4.02. The summed E-state index contributed by atoms with van der Waals surface area (Å²) in [4.78, 5) is 0. The van der Waals surface area contributed by atoms with Crippen LogP contribution in [0.4, 0.5) is 5.69 Å². The molecule has 3 rings (SSSR count). The summed E-state index contributed by atoms with van der Waals surface area (Å²) in [6.07, 6.45) is 2.58. The third kappa shape index (κ3) is 2.19. The Kier molecular flexibility index (Phi) is 2.62. The lowest BCUT2D eigenvalue weighted by atomic mass is 9.91. The highest BCUT2D eigenvalue weighted by molar-refractivity contribution is 5.54. The van der Waals surface area contributed by atoms with Gasteiger partial charge in [-0.3, -0.25) is 0 Å². The average molecular weight is 230 g/mol. The van der Waals surface area contributed by atoms with Gasteiger partial charge in [-0.1, -0.05) is 32.0 Å². The van der Waals surface area contributed by atoms with Gasteiger partial charge in [0.05, 0.1) is 0 Å². The highest BCUT2D eigenvalue weighted by atomic mass is 15.0. The molecule has 2 heteroatoms. The van der Waals surface area contributed by atoms with Crippen LogP contribution in [0.15, 0.2) is 24.3 Å². The van der Waals surface area contributed by atoms with E-state index in [4.69, 9.17) is 0 Å². The summed E-state index contributed by atoms with van der Waals surface area (Å²) in [5.74, 6) is 0.684. The van der Waals surface area contributed by atoms with Crippen LogP contribution in [0.25, 0.3) is 0 Å². The van der Waals surface area contributed by atoms with Gasteiger partial charge in [-0.15, -0.1) is 0 Å². The quantitative estimate of drug-likeness (QED) is 0.834. The summed E-state index contributed by atoms with van der Waals surface area (Å²) < 4.78 is 0. The minimum Gasteiger partial charge on any atom is -0.385 e. The predicted octanol–water partition coefficient (Wildman–Crippen LogP) is 2.97. The first-order valence-electron chi connectivity index (χ1n) is 6.73. The van der Waals surface area contributed by atoms with Gasteiger partial charge in [-0.05, 0) is 29.9 Å². The van der Waals surface area contributed by atoms with Crippen molar-refractivity contribution in [3.63, 3.8) is 0 Å². The fourth-order valence-corrected chi connectivity index (χ4v) is 2.86. The third-order valence-corrected chi connectivity index (χ3v) is 4.33. The molecule has 1 aliphatic heterocycles. The van der Waals surface area contributed by atoms with Crippen LogP contribution in [0.2, 0.25) is 0 Å². The van der Waals surface area contributed by atoms with Crippen LogP contribution < -0.4 is 10.6 Å². The second-order valence-corrected chi connectivity index (χ2v) is 6.15. The van der Waals surface area contributed by atoms with E-state index >= 15 is 0 Å². The van der Waals surface area contributed by atoms with Crippen molar-refractivity contribution in [1.29, 1.82) is 0 Å². The van der Waals surface area contributed by atoms with Crippen LogP contribution in [0.3, 0.4) is 0 Å². The minimum absolute atomic E-state index is 0.534. The summed E-state index contributed by atoms with van der Waals surface area (Å²) in [7, 11) is 0. The fourth-order valence-electron chi connectivity index (χ4n) is 2.86. The normalized spacial score (nSPS) is 29.3. The first-order chi connectivity index (χ1) is 8.17. The molecule has 0 spiro atoms. The number of rotatable bonds is 3. The molecule has 17 heavy (non-hydrogen) atoms. The van der Waals surface area contributed by atoms with Crippen molar-refractivity contribution in [2.75, 3.05) is 18.4 Å². The molecule has 1 fully saturated rings. The summed E-state index contributed by atoms with van der Waals surface area (Å²) in [5, 5.41) is 7.21. The van der Waals surface area contributed by atoms with Crippen LogP contribution in [0.1, 0.15) is 38.2 Å². The molecule has 2 nitrogen and oxygen atoms in total. The molecule has 0 saturated heterocycles. The minimum atomic E-state index is 0.534. The van der Waals surface area contributed by atoms with Gasteiger partial charge in [-0.2, -0.15) is 0 Å². The van der Waals surface area contributed by atoms with Crippen molar-refractivity contribution in [3.05, 3.63) is 29.8 Å². The molecule has 0 amide bonds. The molecule has 2 N–H and O–H groups in total.